The van der Waals surface area contributed by atoms with Crippen molar-refractivity contribution >= 4 is 27.3 Å². The van der Waals surface area contributed by atoms with E-state index in [9.17, 15) is 4.79 Å². The smallest absolute Gasteiger partial charge is 0.231 e. The molecule has 0 radical (unpaired) electrons. The monoisotopic (exact) mass is 353 g/mol. The topological polar surface area (TPSA) is 59.2 Å². The van der Waals surface area contributed by atoms with E-state index < -0.39 is 0 Å². The number of nitrogens with zero attached hydrogens (tertiary/aromatic N) is 3. The second-order valence-electron chi connectivity index (χ2n) is 7.03. The molecule has 0 spiro atoms. The van der Waals surface area contributed by atoms with E-state index >= 15 is 0 Å². The Morgan fingerprint density at radius 1 is 1.24 bits per heavy atom. The van der Waals surface area contributed by atoms with Crippen LogP contribution in [0.2, 0.25) is 0 Å². The number of likely N-dealkylation sites (tertiary alicyclic amines) is 1. The molecule has 1 amide bonds. The molecule has 6 heteroatoms. The minimum absolute atomic E-state index is 0.155. The maximum atomic E-state index is 12.3. The van der Waals surface area contributed by atoms with Crippen LogP contribution in [0, 0.1) is 5.92 Å². The van der Waals surface area contributed by atoms with E-state index in [1.54, 1.807) is 11.3 Å². The average molecular weight is 353 g/mol. The number of piperidine rings is 1. The van der Waals surface area contributed by atoms with Gasteiger partial charge < -0.3 is 9.42 Å². The van der Waals surface area contributed by atoms with Crippen LogP contribution >= 0.6 is 11.3 Å². The first-order valence-electron chi connectivity index (χ1n) is 8.88. The molecule has 25 heavy (non-hydrogen) atoms. The maximum absolute atomic E-state index is 12.3. The van der Waals surface area contributed by atoms with Crippen LogP contribution in [-0.2, 0) is 4.79 Å². The number of hydrogen-bond donors (Lipinski definition) is 0. The Morgan fingerprint density at radius 3 is 3.04 bits per heavy atom. The van der Waals surface area contributed by atoms with Crippen molar-refractivity contribution < 1.29 is 9.32 Å². The van der Waals surface area contributed by atoms with Crippen LogP contribution in [0.4, 0.5) is 0 Å². The zero-order valence-electron chi connectivity index (χ0n) is 13.9. The van der Waals surface area contributed by atoms with Crippen molar-refractivity contribution in [3.63, 3.8) is 0 Å². The summed E-state index contributed by atoms with van der Waals surface area (Å²) in [7, 11) is 0. The lowest BCUT2D eigenvalue weighted by Crippen LogP contribution is -2.40. The van der Waals surface area contributed by atoms with Gasteiger partial charge in [-0.25, -0.2) is 0 Å². The van der Waals surface area contributed by atoms with Crippen LogP contribution in [0.15, 0.2) is 34.2 Å². The van der Waals surface area contributed by atoms with Gasteiger partial charge in [-0.3, -0.25) is 4.79 Å². The number of aromatic nitrogens is 2. The molecule has 1 saturated carbocycles. The lowest BCUT2D eigenvalue weighted by molar-refractivity contribution is -0.133. The Hall–Kier alpha value is -2.21. The van der Waals surface area contributed by atoms with Crippen molar-refractivity contribution in [3.05, 3.63) is 35.5 Å². The van der Waals surface area contributed by atoms with Crippen molar-refractivity contribution in [2.45, 2.75) is 31.6 Å². The first-order chi connectivity index (χ1) is 12.3. The number of hydrogen-bond acceptors (Lipinski definition) is 5. The summed E-state index contributed by atoms with van der Waals surface area (Å²) >= 11 is 1.73. The summed E-state index contributed by atoms with van der Waals surface area (Å²) in [5.74, 6) is 2.03. The normalized spacial score (nSPS) is 21.0. The van der Waals surface area contributed by atoms with Gasteiger partial charge in [-0.1, -0.05) is 5.16 Å². The van der Waals surface area contributed by atoms with E-state index in [2.05, 4.69) is 33.7 Å². The highest BCUT2D eigenvalue weighted by atomic mass is 32.1. The predicted octanol–water partition coefficient (Wildman–Crippen LogP) is 4.07. The summed E-state index contributed by atoms with van der Waals surface area (Å²) in [6, 6.07) is 8.34. The van der Waals surface area contributed by atoms with Gasteiger partial charge in [0.1, 0.15) is 0 Å². The summed E-state index contributed by atoms with van der Waals surface area (Å²) in [6.45, 7) is 1.57. The molecule has 2 aliphatic rings. The molecule has 0 N–H and O–H groups in total. The van der Waals surface area contributed by atoms with Crippen LogP contribution in [0.3, 0.4) is 0 Å². The molecule has 1 atom stereocenters. The van der Waals surface area contributed by atoms with Gasteiger partial charge in [0.15, 0.2) is 0 Å². The van der Waals surface area contributed by atoms with Gasteiger partial charge in [0.25, 0.3) is 0 Å². The molecule has 1 saturated heterocycles. The highest BCUT2D eigenvalue weighted by Gasteiger charge is 2.36. The van der Waals surface area contributed by atoms with Crippen molar-refractivity contribution in [3.8, 4) is 11.4 Å². The number of benzene rings is 1. The number of amides is 1. The van der Waals surface area contributed by atoms with E-state index in [1.165, 1.54) is 10.1 Å². The number of carbonyl (C=O) groups excluding carboxylic acids is 1. The Bertz CT molecular complexity index is 928. The number of rotatable bonds is 3. The third-order valence-corrected chi connectivity index (χ3v) is 6.06. The van der Waals surface area contributed by atoms with Crippen LogP contribution in [0.25, 0.3) is 21.5 Å². The van der Waals surface area contributed by atoms with Gasteiger partial charge in [0, 0.05) is 29.3 Å². The fourth-order valence-electron chi connectivity index (χ4n) is 3.59. The lowest BCUT2D eigenvalue weighted by atomic mass is 9.97. The van der Waals surface area contributed by atoms with E-state index in [-0.39, 0.29) is 11.8 Å². The Labute approximate surface area is 149 Å². The summed E-state index contributed by atoms with van der Waals surface area (Å²) in [5.41, 5.74) is 0.975. The van der Waals surface area contributed by atoms with E-state index in [4.69, 9.17) is 4.52 Å². The number of thiophene rings is 1. The molecule has 5 nitrogen and oxygen atoms in total. The molecule has 3 heterocycles. The van der Waals surface area contributed by atoms with Gasteiger partial charge in [0.05, 0.1) is 5.92 Å². The SMILES string of the molecule is O=C(C1CC1)N1CCCC(c2nc(-c3ccc4sccc4c3)no2)C1. The predicted molar refractivity (Wildman–Crippen MR) is 96.4 cm³/mol. The van der Waals surface area contributed by atoms with Gasteiger partial charge in [0.2, 0.25) is 17.6 Å². The van der Waals surface area contributed by atoms with Crippen LogP contribution < -0.4 is 0 Å². The Balaban J connectivity index is 1.37. The summed E-state index contributed by atoms with van der Waals surface area (Å²) < 4.78 is 6.82. The maximum Gasteiger partial charge on any atom is 0.231 e. The first kappa shape index (κ1) is 15.1. The highest BCUT2D eigenvalue weighted by Crippen LogP contribution is 2.34. The fourth-order valence-corrected chi connectivity index (χ4v) is 4.36. The van der Waals surface area contributed by atoms with Gasteiger partial charge >= 0.3 is 0 Å². The molecular formula is C19H19N3O2S. The molecule has 2 fully saturated rings. The van der Waals surface area contributed by atoms with Crippen molar-refractivity contribution in [2.24, 2.45) is 5.92 Å². The van der Waals surface area contributed by atoms with Gasteiger partial charge in [-0.15, -0.1) is 11.3 Å². The first-order valence-corrected chi connectivity index (χ1v) is 9.76. The molecule has 5 rings (SSSR count). The quantitative estimate of drug-likeness (QED) is 0.712. The van der Waals surface area contributed by atoms with Crippen molar-refractivity contribution in [1.82, 2.24) is 15.0 Å². The third kappa shape index (κ3) is 2.84. The van der Waals surface area contributed by atoms with E-state index in [1.807, 2.05) is 11.0 Å². The zero-order valence-corrected chi connectivity index (χ0v) is 14.7. The highest BCUT2D eigenvalue weighted by molar-refractivity contribution is 7.17. The van der Waals surface area contributed by atoms with Crippen LogP contribution in [0.1, 0.15) is 37.5 Å². The summed E-state index contributed by atoms with van der Waals surface area (Å²) in [6.07, 6.45) is 4.10. The molecular weight excluding hydrogens is 334 g/mol. The molecule has 128 valence electrons. The van der Waals surface area contributed by atoms with E-state index in [0.29, 0.717) is 24.2 Å². The second kappa shape index (κ2) is 5.95. The Morgan fingerprint density at radius 2 is 2.16 bits per heavy atom. The minimum atomic E-state index is 0.155. The summed E-state index contributed by atoms with van der Waals surface area (Å²) in [4.78, 5) is 19.0. The lowest BCUT2D eigenvalue weighted by Gasteiger charge is -2.31. The third-order valence-electron chi connectivity index (χ3n) is 5.16. The van der Waals surface area contributed by atoms with Crippen LogP contribution in [0.5, 0.6) is 0 Å². The molecule has 3 aromatic rings. The second-order valence-corrected chi connectivity index (χ2v) is 7.97. The van der Waals surface area contributed by atoms with Gasteiger partial charge in [-0.05, 0) is 60.7 Å². The van der Waals surface area contributed by atoms with Crippen molar-refractivity contribution in [1.29, 1.82) is 0 Å². The molecule has 1 aromatic carbocycles. The standard InChI is InChI=1S/C19H19N3O2S/c23-19(12-3-4-12)22-8-1-2-15(11-22)18-20-17(21-24-18)14-5-6-16-13(10-14)7-9-25-16/h5-7,9-10,12,15H,1-4,8,11H2. The largest absolute Gasteiger partial charge is 0.342 e. The Kier molecular flexibility index (Phi) is 3.59. The molecule has 1 aliphatic carbocycles. The molecule has 2 aromatic heterocycles. The van der Waals surface area contributed by atoms with Crippen LogP contribution in [-0.4, -0.2) is 34.0 Å². The van der Waals surface area contributed by atoms with E-state index in [0.717, 1.165) is 37.8 Å². The number of fused-ring (bicyclic) bond motifs is 1. The fraction of sp³-hybridized carbons (Fsp3) is 0.421. The molecule has 0 bridgehead atoms. The van der Waals surface area contributed by atoms with Crippen molar-refractivity contribution in [2.75, 3.05) is 13.1 Å². The molecule has 1 aliphatic heterocycles. The molecule has 1 unspecified atom stereocenters. The summed E-state index contributed by atoms with van der Waals surface area (Å²) in [5, 5.41) is 7.47. The number of carbonyl (C=O) groups is 1. The average Bonchev–Trinajstić information content (AvgIpc) is 3.19. The zero-order chi connectivity index (χ0) is 16.8. The van der Waals surface area contributed by atoms with Gasteiger partial charge in [-0.2, -0.15) is 4.98 Å². The minimum Gasteiger partial charge on any atom is -0.342 e.